The number of hydrogen-bond acceptors (Lipinski definition) is 4. The molecule has 1 N–H and O–H groups in total. The number of amides is 1. The molecule has 0 bridgehead atoms. The second-order valence-electron chi connectivity index (χ2n) is 6.93. The van der Waals surface area contributed by atoms with E-state index in [1.54, 1.807) is 37.3 Å². The summed E-state index contributed by atoms with van der Waals surface area (Å²) in [6, 6.07) is 19.3. The predicted octanol–water partition coefficient (Wildman–Crippen LogP) is 3.70. The molecule has 2 unspecified atom stereocenters. The van der Waals surface area contributed by atoms with Crippen molar-refractivity contribution < 1.29 is 22.7 Å². The maximum atomic E-state index is 15.7. The minimum Gasteiger partial charge on any atom is -0.363 e. The van der Waals surface area contributed by atoms with Crippen LogP contribution in [0.3, 0.4) is 0 Å². The summed E-state index contributed by atoms with van der Waals surface area (Å²) in [5.74, 6) is -0.970. The van der Waals surface area contributed by atoms with E-state index in [-0.39, 0.29) is 25.9 Å². The molecule has 7 heteroatoms. The standard InChI is InChI=1S/C22H18FNO4S/c1-15-11-13-17(14-12-15)29(27,28)24-21(25)18-9-5-6-10-19(18)22(24,26)20(23)16-7-3-2-4-8-16/h2-14,20,26H,1H3. The summed E-state index contributed by atoms with van der Waals surface area (Å²) in [6.45, 7) is 1.79. The Balaban J connectivity index is 1.94. The van der Waals surface area contributed by atoms with Crippen LogP contribution in [0.25, 0.3) is 0 Å². The zero-order valence-corrected chi connectivity index (χ0v) is 16.3. The number of hydrogen-bond donors (Lipinski definition) is 1. The molecule has 29 heavy (non-hydrogen) atoms. The van der Waals surface area contributed by atoms with Crippen LogP contribution in [0.1, 0.15) is 33.2 Å². The van der Waals surface area contributed by atoms with Crippen molar-refractivity contribution in [1.82, 2.24) is 4.31 Å². The van der Waals surface area contributed by atoms with Gasteiger partial charge in [-0.3, -0.25) is 4.79 Å². The Morgan fingerprint density at radius 3 is 2.17 bits per heavy atom. The second kappa shape index (κ2) is 6.79. The fraction of sp³-hybridized carbons (Fsp3) is 0.136. The number of aryl methyl sites for hydroxylation is 1. The molecule has 1 aliphatic heterocycles. The minimum atomic E-state index is -4.54. The smallest absolute Gasteiger partial charge is 0.270 e. The third kappa shape index (κ3) is 2.85. The number of alkyl halides is 1. The van der Waals surface area contributed by atoms with Gasteiger partial charge in [0.05, 0.1) is 4.90 Å². The van der Waals surface area contributed by atoms with Gasteiger partial charge in [-0.15, -0.1) is 0 Å². The van der Waals surface area contributed by atoms with E-state index in [1.807, 2.05) is 0 Å². The number of halogens is 1. The first-order valence-electron chi connectivity index (χ1n) is 8.95. The van der Waals surface area contributed by atoms with Gasteiger partial charge in [-0.05, 0) is 30.7 Å². The number of aliphatic hydroxyl groups is 1. The van der Waals surface area contributed by atoms with E-state index in [2.05, 4.69) is 0 Å². The van der Waals surface area contributed by atoms with Crippen LogP contribution >= 0.6 is 0 Å². The topological polar surface area (TPSA) is 74.7 Å². The lowest BCUT2D eigenvalue weighted by atomic mass is 9.93. The van der Waals surface area contributed by atoms with Gasteiger partial charge in [0, 0.05) is 11.1 Å². The molecule has 0 fully saturated rings. The van der Waals surface area contributed by atoms with Crippen LogP contribution < -0.4 is 0 Å². The lowest BCUT2D eigenvalue weighted by Gasteiger charge is -2.36. The van der Waals surface area contributed by atoms with Gasteiger partial charge in [0.2, 0.25) is 5.72 Å². The summed E-state index contributed by atoms with van der Waals surface area (Å²) in [5, 5.41) is 11.5. The average molecular weight is 411 g/mol. The minimum absolute atomic E-state index is 0.0516. The lowest BCUT2D eigenvalue weighted by Crippen LogP contribution is -2.50. The second-order valence-corrected chi connectivity index (χ2v) is 8.72. The molecule has 1 amide bonds. The zero-order chi connectivity index (χ0) is 20.8. The van der Waals surface area contributed by atoms with Gasteiger partial charge in [-0.25, -0.2) is 12.8 Å². The van der Waals surface area contributed by atoms with Gasteiger partial charge in [-0.1, -0.05) is 66.2 Å². The number of benzene rings is 3. The Bertz CT molecular complexity index is 1180. The van der Waals surface area contributed by atoms with Gasteiger partial charge in [0.15, 0.2) is 6.17 Å². The van der Waals surface area contributed by atoms with E-state index < -0.39 is 27.8 Å². The van der Waals surface area contributed by atoms with Gasteiger partial charge in [0.1, 0.15) is 0 Å². The van der Waals surface area contributed by atoms with Gasteiger partial charge in [-0.2, -0.15) is 4.31 Å². The van der Waals surface area contributed by atoms with E-state index in [1.165, 1.54) is 48.5 Å². The number of carbonyl (C=O) groups excluding carboxylic acids is 1. The van der Waals surface area contributed by atoms with E-state index in [4.69, 9.17) is 0 Å². The summed E-state index contributed by atoms with van der Waals surface area (Å²) >= 11 is 0. The fourth-order valence-corrected chi connectivity index (χ4v) is 5.13. The van der Waals surface area contributed by atoms with Crippen LogP contribution in [0, 0.1) is 6.92 Å². The molecule has 148 valence electrons. The van der Waals surface area contributed by atoms with E-state index >= 15 is 4.39 Å². The summed E-state index contributed by atoms with van der Waals surface area (Å²) in [5.41, 5.74) is -1.97. The number of carbonyl (C=O) groups is 1. The predicted molar refractivity (Wildman–Crippen MR) is 105 cm³/mol. The normalized spacial score (nSPS) is 19.8. The van der Waals surface area contributed by atoms with Gasteiger partial charge >= 0.3 is 0 Å². The molecule has 0 aliphatic carbocycles. The number of nitrogens with zero attached hydrogens (tertiary/aromatic N) is 1. The van der Waals surface area contributed by atoms with Crippen molar-refractivity contribution >= 4 is 15.9 Å². The van der Waals surface area contributed by atoms with Crippen LogP contribution in [0.5, 0.6) is 0 Å². The highest BCUT2D eigenvalue weighted by molar-refractivity contribution is 7.89. The third-order valence-electron chi connectivity index (χ3n) is 5.05. The van der Waals surface area contributed by atoms with Crippen molar-refractivity contribution in [3.63, 3.8) is 0 Å². The first-order valence-corrected chi connectivity index (χ1v) is 10.4. The van der Waals surface area contributed by atoms with Crippen LogP contribution in [-0.2, 0) is 15.7 Å². The Morgan fingerprint density at radius 2 is 1.52 bits per heavy atom. The summed E-state index contributed by atoms with van der Waals surface area (Å²) in [4.78, 5) is 12.8. The molecule has 1 heterocycles. The molecule has 0 radical (unpaired) electrons. The molecule has 2 atom stereocenters. The monoisotopic (exact) mass is 411 g/mol. The lowest BCUT2D eigenvalue weighted by molar-refractivity contribution is -0.105. The Morgan fingerprint density at radius 1 is 0.931 bits per heavy atom. The first-order chi connectivity index (χ1) is 13.8. The average Bonchev–Trinajstić information content (AvgIpc) is 2.97. The highest BCUT2D eigenvalue weighted by Gasteiger charge is 2.59. The van der Waals surface area contributed by atoms with E-state index in [0.29, 0.717) is 0 Å². The Labute approximate surface area is 168 Å². The molecular weight excluding hydrogens is 393 g/mol. The number of rotatable bonds is 4. The first kappa shape index (κ1) is 19.3. The van der Waals surface area contributed by atoms with Crippen molar-refractivity contribution in [3.05, 3.63) is 101 Å². The van der Waals surface area contributed by atoms with E-state index in [9.17, 15) is 18.3 Å². The van der Waals surface area contributed by atoms with Crippen molar-refractivity contribution in [2.75, 3.05) is 0 Å². The van der Waals surface area contributed by atoms with Gasteiger partial charge < -0.3 is 5.11 Å². The molecule has 0 aromatic heterocycles. The maximum Gasteiger partial charge on any atom is 0.270 e. The molecule has 3 aromatic rings. The summed E-state index contributed by atoms with van der Waals surface area (Å²) in [7, 11) is -4.54. The quantitative estimate of drug-likeness (QED) is 0.711. The van der Waals surface area contributed by atoms with Crippen LogP contribution in [0.15, 0.2) is 83.8 Å². The Hall–Kier alpha value is -3.03. The molecule has 1 aliphatic rings. The van der Waals surface area contributed by atoms with E-state index in [0.717, 1.165) is 5.56 Å². The molecule has 0 spiro atoms. The number of fused-ring (bicyclic) bond motifs is 1. The molecule has 5 nitrogen and oxygen atoms in total. The summed E-state index contributed by atoms with van der Waals surface area (Å²) < 4.78 is 42.7. The van der Waals surface area contributed by atoms with Crippen LogP contribution in [0.4, 0.5) is 4.39 Å². The third-order valence-corrected chi connectivity index (χ3v) is 6.85. The molecule has 0 saturated heterocycles. The molecule has 4 rings (SSSR count). The van der Waals surface area contributed by atoms with Crippen LogP contribution in [0.2, 0.25) is 0 Å². The SMILES string of the molecule is Cc1ccc(S(=O)(=O)N2C(=O)c3ccccc3C2(O)C(F)c2ccccc2)cc1. The number of sulfonamides is 1. The van der Waals surface area contributed by atoms with Crippen molar-refractivity contribution in [3.8, 4) is 0 Å². The maximum absolute atomic E-state index is 15.7. The highest BCUT2D eigenvalue weighted by atomic mass is 32.2. The zero-order valence-electron chi connectivity index (χ0n) is 15.5. The molecule has 3 aromatic carbocycles. The summed E-state index contributed by atoms with van der Waals surface area (Å²) in [6.07, 6.45) is -2.18. The Kier molecular flexibility index (Phi) is 4.52. The highest BCUT2D eigenvalue weighted by Crippen LogP contribution is 2.49. The van der Waals surface area contributed by atoms with Crippen molar-refractivity contribution in [1.29, 1.82) is 0 Å². The molecular formula is C22H18FNO4S. The fourth-order valence-electron chi connectivity index (χ4n) is 3.57. The van der Waals surface area contributed by atoms with Crippen molar-refractivity contribution in [2.24, 2.45) is 0 Å². The largest absolute Gasteiger partial charge is 0.363 e. The van der Waals surface area contributed by atoms with Gasteiger partial charge in [0.25, 0.3) is 15.9 Å². The molecule has 0 saturated carbocycles. The van der Waals surface area contributed by atoms with Crippen molar-refractivity contribution in [2.45, 2.75) is 23.7 Å². The van der Waals surface area contributed by atoms with Crippen LogP contribution in [-0.4, -0.2) is 23.7 Å².